The summed E-state index contributed by atoms with van der Waals surface area (Å²) in [7, 11) is 0. The highest BCUT2D eigenvalue weighted by Gasteiger charge is 2.67. The molecule has 2 unspecified atom stereocenters. The van der Waals surface area contributed by atoms with Crippen LogP contribution < -0.4 is 4.90 Å². The number of carboxylic acids is 1. The van der Waals surface area contributed by atoms with E-state index in [4.69, 9.17) is 4.74 Å². The van der Waals surface area contributed by atoms with Gasteiger partial charge in [-0.05, 0) is 24.3 Å². The second kappa shape index (κ2) is 4.60. The quantitative estimate of drug-likeness (QED) is 0.838. The van der Waals surface area contributed by atoms with Crippen molar-refractivity contribution in [1.82, 2.24) is 0 Å². The van der Waals surface area contributed by atoms with Gasteiger partial charge in [-0.1, -0.05) is 12.2 Å². The minimum Gasteiger partial charge on any atom is -0.481 e. The highest BCUT2D eigenvalue weighted by atomic mass is 19.4. The number of fused-ring (bicyclic) bond motifs is 1. The summed E-state index contributed by atoms with van der Waals surface area (Å²) in [5.74, 6) is -3.37. The molecule has 4 atom stereocenters. The summed E-state index contributed by atoms with van der Waals surface area (Å²) in [6.45, 7) is 0.0959. The Morgan fingerprint density at radius 2 is 1.96 bits per heavy atom. The Labute approximate surface area is 134 Å². The summed E-state index contributed by atoms with van der Waals surface area (Å²) in [5.41, 5.74) is -1.52. The minimum atomic E-state index is -4.46. The van der Waals surface area contributed by atoms with Crippen LogP contribution in [0.5, 0.6) is 0 Å². The molecule has 1 aromatic carbocycles. The predicted molar refractivity (Wildman–Crippen MR) is 75.2 cm³/mol. The average molecular weight is 339 g/mol. The van der Waals surface area contributed by atoms with E-state index in [1.54, 1.807) is 12.2 Å². The molecule has 1 spiro atoms. The molecule has 8 heteroatoms. The van der Waals surface area contributed by atoms with Crippen molar-refractivity contribution in [3.8, 4) is 0 Å². The van der Waals surface area contributed by atoms with Gasteiger partial charge in [0.25, 0.3) is 0 Å². The zero-order chi connectivity index (χ0) is 17.3. The molecule has 0 radical (unpaired) electrons. The number of anilines is 1. The number of amides is 1. The van der Waals surface area contributed by atoms with E-state index in [1.165, 1.54) is 17.0 Å². The molecule has 4 rings (SSSR count). The smallest absolute Gasteiger partial charge is 0.416 e. The maximum atomic E-state index is 12.7. The molecule has 3 aliphatic heterocycles. The number of hydrogen-bond acceptors (Lipinski definition) is 3. The van der Waals surface area contributed by atoms with Gasteiger partial charge in [0.1, 0.15) is 11.5 Å². The van der Waals surface area contributed by atoms with E-state index < -0.39 is 47.2 Å². The minimum absolute atomic E-state index is 0.0959. The Balaban J connectivity index is 1.67. The van der Waals surface area contributed by atoms with Gasteiger partial charge in [-0.2, -0.15) is 13.2 Å². The first-order valence-electron chi connectivity index (χ1n) is 7.32. The molecule has 2 saturated heterocycles. The molecule has 5 nitrogen and oxygen atoms in total. The Bertz CT molecular complexity index is 758. The maximum absolute atomic E-state index is 12.7. The third-order valence-electron chi connectivity index (χ3n) is 4.89. The lowest BCUT2D eigenvalue weighted by Gasteiger charge is -2.21. The number of nitrogens with zero attached hydrogens (tertiary/aromatic N) is 1. The molecule has 3 aliphatic rings. The molecular weight excluding hydrogens is 327 g/mol. The lowest BCUT2D eigenvalue weighted by atomic mass is 9.77. The van der Waals surface area contributed by atoms with Crippen LogP contribution in [0, 0.1) is 11.8 Å². The van der Waals surface area contributed by atoms with E-state index in [-0.39, 0.29) is 6.54 Å². The molecule has 0 saturated carbocycles. The number of ether oxygens (including phenoxy) is 1. The third kappa shape index (κ3) is 1.92. The van der Waals surface area contributed by atoms with Gasteiger partial charge < -0.3 is 14.7 Å². The molecule has 1 N–H and O–H groups in total. The Kier molecular flexibility index (Phi) is 2.91. The molecule has 126 valence electrons. The monoisotopic (exact) mass is 339 g/mol. The van der Waals surface area contributed by atoms with Gasteiger partial charge in [0, 0.05) is 5.69 Å². The van der Waals surface area contributed by atoms with Crippen molar-refractivity contribution >= 4 is 17.6 Å². The van der Waals surface area contributed by atoms with E-state index in [0.717, 1.165) is 12.1 Å². The van der Waals surface area contributed by atoms with Crippen molar-refractivity contribution in [2.24, 2.45) is 11.8 Å². The largest absolute Gasteiger partial charge is 0.481 e. The highest BCUT2D eigenvalue weighted by molar-refractivity contribution is 6.02. The number of alkyl halides is 3. The number of hydrogen-bond donors (Lipinski definition) is 1. The number of benzene rings is 1. The van der Waals surface area contributed by atoms with Crippen LogP contribution in [0.15, 0.2) is 36.4 Å². The molecule has 1 amide bonds. The zero-order valence-corrected chi connectivity index (χ0v) is 12.2. The molecule has 2 bridgehead atoms. The molecule has 1 aromatic rings. The lowest BCUT2D eigenvalue weighted by molar-refractivity contribution is -0.146. The Morgan fingerprint density at radius 1 is 1.29 bits per heavy atom. The van der Waals surface area contributed by atoms with Crippen LogP contribution in [-0.2, 0) is 20.5 Å². The number of aliphatic carboxylic acids is 1. The molecule has 2 fully saturated rings. The number of carbonyl (C=O) groups is 2. The summed E-state index contributed by atoms with van der Waals surface area (Å²) in [5, 5.41) is 9.37. The van der Waals surface area contributed by atoms with Gasteiger partial charge >= 0.3 is 12.1 Å². The molecule has 0 aromatic heterocycles. The van der Waals surface area contributed by atoms with E-state index in [9.17, 15) is 27.9 Å². The predicted octanol–water partition coefficient (Wildman–Crippen LogP) is 2.08. The van der Waals surface area contributed by atoms with Gasteiger partial charge in [-0.25, -0.2) is 0 Å². The van der Waals surface area contributed by atoms with Crippen molar-refractivity contribution in [2.75, 3.05) is 11.4 Å². The van der Waals surface area contributed by atoms with Crippen LogP contribution in [0.3, 0.4) is 0 Å². The van der Waals surface area contributed by atoms with Crippen molar-refractivity contribution < 1.29 is 32.6 Å². The lowest BCUT2D eigenvalue weighted by Crippen LogP contribution is -2.39. The topological polar surface area (TPSA) is 66.8 Å². The number of rotatable bonds is 2. The highest BCUT2D eigenvalue weighted by Crippen LogP contribution is 2.52. The molecule has 3 heterocycles. The zero-order valence-electron chi connectivity index (χ0n) is 12.2. The summed E-state index contributed by atoms with van der Waals surface area (Å²) in [6, 6.07) is 4.23. The van der Waals surface area contributed by atoms with E-state index in [0.29, 0.717) is 5.69 Å². The summed E-state index contributed by atoms with van der Waals surface area (Å²) >= 11 is 0. The van der Waals surface area contributed by atoms with Crippen LogP contribution in [0.1, 0.15) is 5.56 Å². The van der Waals surface area contributed by atoms with Gasteiger partial charge in [-0.15, -0.1) is 0 Å². The van der Waals surface area contributed by atoms with Crippen LogP contribution in [0.25, 0.3) is 0 Å². The average Bonchev–Trinajstić information content (AvgIpc) is 3.15. The summed E-state index contributed by atoms with van der Waals surface area (Å²) in [4.78, 5) is 25.5. The normalized spacial score (nSPS) is 34.0. The van der Waals surface area contributed by atoms with Gasteiger partial charge in [0.2, 0.25) is 5.91 Å². The fourth-order valence-electron chi connectivity index (χ4n) is 3.83. The van der Waals surface area contributed by atoms with Gasteiger partial charge in [0.05, 0.1) is 24.1 Å². The molecule has 24 heavy (non-hydrogen) atoms. The summed E-state index contributed by atoms with van der Waals surface area (Å²) in [6.07, 6.45) is -1.75. The SMILES string of the molecule is O=C(O)C1C2C(=O)N(c3ccc(C(F)(F)F)cc3)C[C@@]23C=C[C@H]1O3. The summed E-state index contributed by atoms with van der Waals surface area (Å²) < 4.78 is 43.7. The van der Waals surface area contributed by atoms with Crippen molar-refractivity contribution in [3.05, 3.63) is 42.0 Å². The van der Waals surface area contributed by atoms with Crippen molar-refractivity contribution in [1.29, 1.82) is 0 Å². The van der Waals surface area contributed by atoms with Crippen molar-refractivity contribution in [2.45, 2.75) is 17.9 Å². The van der Waals surface area contributed by atoms with Crippen molar-refractivity contribution in [3.63, 3.8) is 0 Å². The van der Waals surface area contributed by atoms with Gasteiger partial charge in [0.15, 0.2) is 0 Å². The maximum Gasteiger partial charge on any atom is 0.416 e. The Hall–Kier alpha value is -2.35. The van der Waals surface area contributed by atoms with Crippen LogP contribution >= 0.6 is 0 Å². The van der Waals surface area contributed by atoms with E-state index in [1.807, 2.05) is 0 Å². The fraction of sp³-hybridized carbons (Fsp3) is 0.375. The number of carboxylic acid groups (broad SMARTS) is 1. The third-order valence-corrected chi connectivity index (χ3v) is 4.89. The number of carbonyl (C=O) groups excluding carboxylic acids is 1. The fourth-order valence-corrected chi connectivity index (χ4v) is 3.83. The Morgan fingerprint density at radius 3 is 2.54 bits per heavy atom. The number of halogens is 3. The van der Waals surface area contributed by atoms with Crippen LogP contribution in [0.2, 0.25) is 0 Å². The standard InChI is InChI=1S/C16H12F3NO4/c17-16(18,19)8-1-3-9(4-2-8)20-7-15-6-5-10(24-15)11(14(22)23)12(15)13(20)21/h1-6,10-12H,7H2,(H,22,23)/t10-,11?,12?,15+/m1/s1. The molecular formula is C16H12F3NO4. The van der Waals surface area contributed by atoms with Gasteiger partial charge in [-0.3, -0.25) is 9.59 Å². The van der Waals surface area contributed by atoms with E-state index in [2.05, 4.69) is 0 Å². The van der Waals surface area contributed by atoms with Crippen LogP contribution in [0.4, 0.5) is 18.9 Å². The van der Waals surface area contributed by atoms with Crippen LogP contribution in [-0.4, -0.2) is 35.2 Å². The second-order valence-electron chi connectivity index (χ2n) is 6.21. The molecule has 0 aliphatic carbocycles. The first kappa shape index (κ1) is 15.2. The van der Waals surface area contributed by atoms with E-state index >= 15 is 0 Å². The second-order valence-corrected chi connectivity index (χ2v) is 6.21. The first-order chi connectivity index (χ1) is 11.2. The first-order valence-corrected chi connectivity index (χ1v) is 7.32.